The molecule has 0 bridgehead atoms. The minimum absolute atomic E-state index is 0.0132. The maximum absolute atomic E-state index is 12.1. The number of fused-ring (bicyclic) bond motifs is 1. The molecule has 7 heteroatoms. The number of aryl methyl sites for hydroxylation is 1. The highest BCUT2D eigenvalue weighted by Crippen LogP contribution is 2.23. The highest BCUT2D eigenvalue weighted by molar-refractivity contribution is 5.97. The molecule has 7 nitrogen and oxygen atoms in total. The fourth-order valence-electron chi connectivity index (χ4n) is 2.22. The molecule has 0 radical (unpaired) electrons. The highest BCUT2D eigenvalue weighted by atomic mass is 16.5. The lowest BCUT2D eigenvalue weighted by Gasteiger charge is -2.17. The van der Waals surface area contributed by atoms with Gasteiger partial charge in [0.2, 0.25) is 11.8 Å². The summed E-state index contributed by atoms with van der Waals surface area (Å²) in [7, 11) is 0. The molecule has 0 saturated heterocycles. The second-order valence-corrected chi connectivity index (χ2v) is 4.76. The summed E-state index contributed by atoms with van der Waals surface area (Å²) >= 11 is 0. The Hall–Kier alpha value is -2.70. The van der Waals surface area contributed by atoms with Gasteiger partial charge in [0, 0.05) is 30.6 Å². The maximum Gasteiger partial charge on any atom is 0.251 e. The lowest BCUT2D eigenvalue weighted by Crippen LogP contribution is -2.26. The van der Waals surface area contributed by atoms with Crippen molar-refractivity contribution in [3.05, 3.63) is 41.5 Å². The topological polar surface area (TPSA) is 97.1 Å². The zero-order valence-corrected chi connectivity index (χ0v) is 11.3. The van der Waals surface area contributed by atoms with Crippen molar-refractivity contribution in [2.24, 2.45) is 0 Å². The zero-order valence-electron chi connectivity index (χ0n) is 11.3. The first-order valence-electron chi connectivity index (χ1n) is 6.69. The predicted octanol–water partition coefficient (Wildman–Crippen LogP) is 0.927. The van der Waals surface area contributed by atoms with Crippen LogP contribution in [0, 0.1) is 0 Å². The summed E-state index contributed by atoms with van der Waals surface area (Å²) in [5.41, 5.74) is 2.35. The van der Waals surface area contributed by atoms with Crippen LogP contribution in [0.1, 0.15) is 28.2 Å². The van der Waals surface area contributed by atoms with Crippen LogP contribution in [0.4, 0.5) is 5.69 Å². The van der Waals surface area contributed by atoms with Crippen molar-refractivity contribution in [1.82, 2.24) is 15.5 Å². The van der Waals surface area contributed by atoms with Gasteiger partial charge in [0.05, 0.1) is 0 Å². The number of hydrogen-bond acceptors (Lipinski definition) is 5. The van der Waals surface area contributed by atoms with Crippen molar-refractivity contribution in [1.29, 1.82) is 0 Å². The summed E-state index contributed by atoms with van der Waals surface area (Å²) in [5.74, 6) is 0.344. The highest BCUT2D eigenvalue weighted by Gasteiger charge is 2.16. The van der Waals surface area contributed by atoms with E-state index in [2.05, 4.69) is 20.8 Å². The van der Waals surface area contributed by atoms with Gasteiger partial charge in [0.1, 0.15) is 0 Å². The molecular weight excluding hydrogens is 272 g/mol. The van der Waals surface area contributed by atoms with Crippen LogP contribution in [0.3, 0.4) is 0 Å². The minimum atomic E-state index is -0.158. The van der Waals surface area contributed by atoms with E-state index in [4.69, 9.17) is 4.52 Å². The molecule has 2 N–H and O–H groups in total. The van der Waals surface area contributed by atoms with E-state index in [0.717, 1.165) is 11.3 Å². The molecule has 3 rings (SSSR count). The van der Waals surface area contributed by atoms with Crippen LogP contribution >= 0.6 is 0 Å². The van der Waals surface area contributed by atoms with Crippen LogP contribution in [0.5, 0.6) is 0 Å². The van der Waals surface area contributed by atoms with E-state index in [0.29, 0.717) is 37.3 Å². The number of carbonyl (C=O) groups is 2. The molecule has 0 spiro atoms. The first-order chi connectivity index (χ1) is 10.2. The number of nitrogens with one attached hydrogen (secondary N) is 2. The number of benzene rings is 1. The number of hydrogen-bond donors (Lipinski definition) is 2. The summed E-state index contributed by atoms with van der Waals surface area (Å²) in [5, 5.41) is 9.09. The molecule has 21 heavy (non-hydrogen) atoms. The first-order valence-corrected chi connectivity index (χ1v) is 6.69. The Balaban J connectivity index is 1.61. The Morgan fingerprint density at radius 1 is 1.38 bits per heavy atom. The SMILES string of the molecule is O=C1CCc2cc(C(=O)NCCc3ncno3)ccc2N1. The molecule has 1 aromatic heterocycles. The molecule has 2 heterocycles. The van der Waals surface area contributed by atoms with Gasteiger partial charge in [-0.05, 0) is 30.2 Å². The predicted molar refractivity (Wildman–Crippen MR) is 73.7 cm³/mol. The van der Waals surface area contributed by atoms with E-state index in [1.54, 1.807) is 12.1 Å². The van der Waals surface area contributed by atoms with Crippen molar-refractivity contribution in [3.63, 3.8) is 0 Å². The summed E-state index contributed by atoms with van der Waals surface area (Å²) in [4.78, 5) is 27.2. The third-order valence-corrected chi connectivity index (χ3v) is 3.29. The lowest BCUT2D eigenvalue weighted by atomic mass is 10.00. The first kappa shape index (κ1) is 13.3. The molecule has 2 amide bonds. The average molecular weight is 286 g/mol. The standard InChI is InChI=1S/C14H14N4O3/c19-12-4-2-9-7-10(1-3-11(9)18-12)14(20)15-6-5-13-16-8-17-21-13/h1,3,7-8H,2,4-6H2,(H,15,20)(H,18,19). The maximum atomic E-state index is 12.1. The number of aromatic nitrogens is 2. The van der Waals surface area contributed by atoms with E-state index in [1.807, 2.05) is 6.07 Å². The van der Waals surface area contributed by atoms with Gasteiger partial charge in [-0.1, -0.05) is 5.16 Å². The molecule has 0 saturated carbocycles. The molecule has 1 aliphatic heterocycles. The van der Waals surface area contributed by atoms with Crippen molar-refractivity contribution in [2.45, 2.75) is 19.3 Å². The fraction of sp³-hybridized carbons (Fsp3) is 0.286. The third-order valence-electron chi connectivity index (χ3n) is 3.29. The van der Waals surface area contributed by atoms with E-state index in [9.17, 15) is 9.59 Å². The van der Waals surface area contributed by atoms with Gasteiger partial charge in [0.15, 0.2) is 6.33 Å². The number of carbonyl (C=O) groups excluding carboxylic acids is 2. The van der Waals surface area contributed by atoms with Gasteiger partial charge in [-0.15, -0.1) is 0 Å². The van der Waals surface area contributed by atoms with Crippen LogP contribution in [-0.4, -0.2) is 28.5 Å². The number of amides is 2. The van der Waals surface area contributed by atoms with Gasteiger partial charge < -0.3 is 15.2 Å². The smallest absolute Gasteiger partial charge is 0.251 e. The lowest BCUT2D eigenvalue weighted by molar-refractivity contribution is -0.116. The van der Waals surface area contributed by atoms with Crippen LogP contribution in [0.2, 0.25) is 0 Å². The van der Waals surface area contributed by atoms with Gasteiger partial charge in [-0.3, -0.25) is 9.59 Å². The van der Waals surface area contributed by atoms with E-state index in [1.165, 1.54) is 6.33 Å². The van der Waals surface area contributed by atoms with Crippen molar-refractivity contribution < 1.29 is 14.1 Å². The van der Waals surface area contributed by atoms with Crippen LogP contribution in [0.15, 0.2) is 29.0 Å². The Kier molecular flexibility index (Phi) is 3.63. The van der Waals surface area contributed by atoms with Crippen molar-refractivity contribution >= 4 is 17.5 Å². The largest absolute Gasteiger partial charge is 0.352 e. The van der Waals surface area contributed by atoms with Crippen LogP contribution in [0.25, 0.3) is 0 Å². The molecule has 0 unspecified atom stereocenters. The van der Waals surface area contributed by atoms with Gasteiger partial charge in [-0.2, -0.15) is 4.98 Å². The van der Waals surface area contributed by atoms with Crippen LogP contribution in [-0.2, 0) is 17.6 Å². The van der Waals surface area contributed by atoms with E-state index >= 15 is 0 Å². The summed E-state index contributed by atoms with van der Waals surface area (Å²) in [6.45, 7) is 0.425. The summed E-state index contributed by atoms with van der Waals surface area (Å²) in [6.07, 6.45) is 2.93. The Morgan fingerprint density at radius 3 is 3.10 bits per heavy atom. The molecule has 1 aliphatic rings. The molecule has 0 aliphatic carbocycles. The normalized spacial score (nSPS) is 13.4. The fourth-order valence-corrected chi connectivity index (χ4v) is 2.22. The van der Waals surface area contributed by atoms with E-state index < -0.39 is 0 Å². The molecule has 0 fully saturated rings. The second-order valence-electron chi connectivity index (χ2n) is 4.76. The Bertz CT molecular complexity index is 667. The summed E-state index contributed by atoms with van der Waals surface area (Å²) in [6, 6.07) is 5.28. The molecular formula is C14H14N4O3. The Labute approximate surface area is 120 Å². The monoisotopic (exact) mass is 286 g/mol. The quantitative estimate of drug-likeness (QED) is 0.871. The number of anilines is 1. The third kappa shape index (κ3) is 3.07. The molecule has 1 aromatic carbocycles. The Morgan fingerprint density at radius 2 is 2.29 bits per heavy atom. The zero-order chi connectivity index (χ0) is 14.7. The van der Waals surface area contributed by atoms with Gasteiger partial charge in [0.25, 0.3) is 5.91 Å². The van der Waals surface area contributed by atoms with Gasteiger partial charge in [-0.25, -0.2) is 0 Å². The van der Waals surface area contributed by atoms with Gasteiger partial charge >= 0.3 is 0 Å². The number of rotatable bonds is 4. The van der Waals surface area contributed by atoms with Crippen molar-refractivity contribution in [3.8, 4) is 0 Å². The summed E-state index contributed by atoms with van der Waals surface area (Å²) < 4.78 is 4.85. The average Bonchev–Trinajstić information content (AvgIpc) is 3.00. The minimum Gasteiger partial charge on any atom is -0.352 e. The molecule has 0 atom stereocenters. The van der Waals surface area contributed by atoms with E-state index in [-0.39, 0.29) is 11.8 Å². The molecule has 108 valence electrons. The van der Waals surface area contributed by atoms with Crippen molar-refractivity contribution in [2.75, 3.05) is 11.9 Å². The van der Waals surface area contributed by atoms with Crippen LogP contribution < -0.4 is 10.6 Å². The second kappa shape index (κ2) is 5.74. The number of nitrogens with zero attached hydrogens (tertiary/aromatic N) is 2. The molecule has 2 aromatic rings.